The van der Waals surface area contributed by atoms with Crippen molar-refractivity contribution in [2.45, 2.75) is 17.1 Å². The first kappa shape index (κ1) is 16.4. The lowest BCUT2D eigenvalue weighted by Crippen LogP contribution is -2.32. The molecule has 0 amide bonds. The third kappa shape index (κ3) is 4.00. The summed E-state index contributed by atoms with van der Waals surface area (Å²) in [4.78, 5) is 4.25. The van der Waals surface area contributed by atoms with Crippen molar-refractivity contribution < 1.29 is 12.6 Å². The molecule has 0 bridgehead atoms. The van der Waals surface area contributed by atoms with E-state index in [0.29, 0.717) is 16.1 Å². The van der Waals surface area contributed by atoms with Crippen molar-refractivity contribution in [1.29, 1.82) is 0 Å². The van der Waals surface area contributed by atoms with Gasteiger partial charge in [-0.25, -0.2) is 18.1 Å². The van der Waals surface area contributed by atoms with Crippen molar-refractivity contribution in [2.24, 2.45) is 0 Å². The SMILES string of the molecule is CC(CNS(=O)(=O)c1ccc2nc(Cl)ccc2c1)S(C)=O. The molecule has 1 heterocycles. The standard InChI is InChI=1S/C13H15ClN2O3S2/c1-9(20(2)17)8-15-21(18,19)11-4-5-12-10(7-11)3-6-13(14)16-12/h3-7,9,15H,8H2,1-2H3. The van der Waals surface area contributed by atoms with Crippen molar-refractivity contribution in [3.05, 3.63) is 35.5 Å². The normalized spacial score (nSPS) is 15.0. The molecule has 0 saturated carbocycles. The van der Waals surface area contributed by atoms with E-state index in [2.05, 4.69) is 9.71 Å². The number of hydrogen-bond donors (Lipinski definition) is 1. The van der Waals surface area contributed by atoms with E-state index in [-0.39, 0.29) is 16.7 Å². The van der Waals surface area contributed by atoms with Gasteiger partial charge in [-0.1, -0.05) is 11.6 Å². The summed E-state index contributed by atoms with van der Waals surface area (Å²) in [6.45, 7) is 1.85. The summed E-state index contributed by atoms with van der Waals surface area (Å²) in [6.07, 6.45) is 1.55. The molecule has 0 aliphatic heterocycles. The second kappa shape index (κ2) is 6.39. The van der Waals surface area contributed by atoms with Gasteiger partial charge in [-0.05, 0) is 37.3 Å². The van der Waals surface area contributed by atoms with Gasteiger partial charge in [0.15, 0.2) is 0 Å². The predicted octanol–water partition coefficient (Wildman–Crippen LogP) is 1.93. The van der Waals surface area contributed by atoms with Gasteiger partial charge in [0, 0.05) is 34.2 Å². The van der Waals surface area contributed by atoms with Crippen molar-refractivity contribution in [1.82, 2.24) is 9.71 Å². The second-order valence-corrected chi connectivity index (χ2v) is 8.61. The maximum Gasteiger partial charge on any atom is 0.240 e. The monoisotopic (exact) mass is 346 g/mol. The molecular formula is C13H15ClN2O3S2. The van der Waals surface area contributed by atoms with Crippen LogP contribution in [0.25, 0.3) is 10.9 Å². The van der Waals surface area contributed by atoms with Crippen LogP contribution in [0.2, 0.25) is 5.15 Å². The molecule has 0 radical (unpaired) electrons. The van der Waals surface area contributed by atoms with Crippen LogP contribution < -0.4 is 4.72 Å². The van der Waals surface area contributed by atoms with E-state index in [9.17, 15) is 12.6 Å². The number of aromatic nitrogens is 1. The number of pyridine rings is 1. The van der Waals surface area contributed by atoms with Gasteiger partial charge in [0.2, 0.25) is 10.0 Å². The molecule has 21 heavy (non-hydrogen) atoms. The molecule has 0 spiro atoms. The molecule has 1 aromatic carbocycles. The lowest BCUT2D eigenvalue weighted by atomic mass is 10.2. The highest BCUT2D eigenvalue weighted by Crippen LogP contribution is 2.19. The zero-order valence-corrected chi connectivity index (χ0v) is 13.9. The summed E-state index contributed by atoms with van der Waals surface area (Å²) in [5, 5.41) is 0.797. The highest BCUT2D eigenvalue weighted by Gasteiger charge is 2.17. The molecule has 1 N–H and O–H groups in total. The Morgan fingerprint density at radius 2 is 2.05 bits per heavy atom. The number of nitrogens with one attached hydrogen (secondary N) is 1. The zero-order chi connectivity index (χ0) is 15.6. The van der Waals surface area contributed by atoms with Crippen LogP contribution in [-0.2, 0) is 20.8 Å². The Kier molecular flexibility index (Phi) is 4.98. The molecule has 2 rings (SSSR count). The van der Waals surface area contributed by atoms with Crippen molar-refractivity contribution in [3.8, 4) is 0 Å². The summed E-state index contributed by atoms with van der Waals surface area (Å²) in [5.74, 6) is 0. The van der Waals surface area contributed by atoms with Gasteiger partial charge in [-0.15, -0.1) is 0 Å². The summed E-state index contributed by atoms with van der Waals surface area (Å²) in [6, 6.07) is 7.94. The van der Waals surface area contributed by atoms with Gasteiger partial charge in [-0.2, -0.15) is 0 Å². The number of rotatable bonds is 5. The van der Waals surface area contributed by atoms with E-state index < -0.39 is 20.8 Å². The van der Waals surface area contributed by atoms with Crippen LogP contribution in [0.15, 0.2) is 35.2 Å². The van der Waals surface area contributed by atoms with Crippen LogP contribution in [0, 0.1) is 0 Å². The van der Waals surface area contributed by atoms with Gasteiger partial charge in [0.05, 0.1) is 10.4 Å². The number of hydrogen-bond acceptors (Lipinski definition) is 4. The number of nitrogens with zero attached hydrogens (tertiary/aromatic N) is 1. The van der Waals surface area contributed by atoms with Crippen LogP contribution in [0.4, 0.5) is 0 Å². The zero-order valence-electron chi connectivity index (χ0n) is 11.5. The Morgan fingerprint density at radius 3 is 2.71 bits per heavy atom. The number of benzene rings is 1. The fraction of sp³-hybridized carbons (Fsp3) is 0.308. The average molecular weight is 347 g/mol. The lowest BCUT2D eigenvalue weighted by Gasteiger charge is -2.11. The third-order valence-corrected chi connectivity index (χ3v) is 6.00. The number of halogens is 1. The van der Waals surface area contributed by atoms with E-state index in [0.717, 1.165) is 0 Å². The number of sulfonamides is 1. The van der Waals surface area contributed by atoms with Crippen LogP contribution in [-0.4, -0.2) is 35.7 Å². The molecule has 1 aromatic heterocycles. The largest absolute Gasteiger partial charge is 0.260 e. The van der Waals surface area contributed by atoms with Gasteiger partial charge in [-0.3, -0.25) is 4.21 Å². The molecule has 114 valence electrons. The maximum atomic E-state index is 12.2. The van der Waals surface area contributed by atoms with Gasteiger partial charge in [0.25, 0.3) is 0 Å². The van der Waals surface area contributed by atoms with Gasteiger partial charge >= 0.3 is 0 Å². The Morgan fingerprint density at radius 1 is 1.33 bits per heavy atom. The topological polar surface area (TPSA) is 76.1 Å². The fourth-order valence-corrected chi connectivity index (χ4v) is 3.42. The lowest BCUT2D eigenvalue weighted by molar-refractivity contribution is 0.581. The maximum absolute atomic E-state index is 12.2. The van der Waals surface area contributed by atoms with Gasteiger partial charge < -0.3 is 0 Å². The minimum Gasteiger partial charge on any atom is -0.260 e. The second-order valence-electron chi connectivity index (χ2n) is 4.65. The van der Waals surface area contributed by atoms with Crippen LogP contribution in [0.1, 0.15) is 6.92 Å². The molecule has 2 atom stereocenters. The first-order valence-corrected chi connectivity index (χ1v) is 9.66. The molecule has 5 nitrogen and oxygen atoms in total. The first-order chi connectivity index (χ1) is 9.79. The van der Waals surface area contributed by atoms with Gasteiger partial charge in [0.1, 0.15) is 5.15 Å². The molecule has 0 aliphatic carbocycles. The Labute approximate surface area is 131 Å². The summed E-state index contributed by atoms with van der Waals surface area (Å²) < 4.78 is 38.2. The van der Waals surface area contributed by atoms with Crippen molar-refractivity contribution >= 4 is 43.3 Å². The highest BCUT2D eigenvalue weighted by molar-refractivity contribution is 7.89. The third-order valence-electron chi connectivity index (χ3n) is 3.06. The minimum absolute atomic E-state index is 0.127. The highest BCUT2D eigenvalue weighted by atomic mass is 35.5. The van der Waals surface area contributed by atoms with E-state index in [1.807, 2.05) is 0 Å². The minimum atomic E-state index is -3.64. The van der Waals surface area contributed by atoms with E-state index in [1.165, 1.54) is 12.1 Å². The summed E-state index contributed by atoms with van der Waals surface area (Å²) in [7, 11) is -4.71. The number of fused-ring (bicyclic) bond motifs is 1. The molecule has 0 fully saturated rings. The molecular weight excluding hydrogens is 332 g/mol. The first-order valence-electron chi connectivity index (χ1n) is 6.18. The average Bonchev–Trinajstić information content (AvgIpc) is 2.44. The molecule has 8 heteroatoms. The smallest absolute Gasteiger partial charge is 0.240 e. The summed E-state index contributed by atoms with van der Waals surface area (Å²) >= 11 is 5.79. The van der Waals surface area contributed by atoms with E-state index >= 15 is 0 Å². The van der Waals surface area contributed by atoms with Crippen LogP contribution in [0.3, 0.4) is 0 Å². The molecule has 2 aromatic rings. The van der Waals surface area contributed by atoms with E-state index in [4.69, 9.17) is 11.6 Å². The summed E-state index contributed by atoms with van der Waals surface area (Å²) in [5.41, 5.74) is 0.629. The fourth-order valence-electron chi connectivity index (χ4n) is 1.67. The van der Waals surface area contributed by atoms with Crippen molar-refractivity contribution in [2.75, 3.05) is 12.8 Å². The van der Waals surface area contributed by atoms with E-state index in [1.54, 1.807) is 31.4 Å². The predicted molar refractivity (Wildman–Crippen MR) is 85.5 cm³/mol. The Balaban J connectivity index is 2.28. The Bertz CT molecular complexity index is 793. The van der Waals surface area contributed by atoms with Crippen LogP contribution >= 0.6 is 11.6 Å². The molecule has 2 unspecified atom stereocenters. The van der Waals surface area contributed by atoms with Crippen LogP contribution in [0.5, 0.6) is 0 Å². The quantitative estimate of drug-likeness (QED) is 0.839. The van der Waals surface area contributed by atoms with Crippen molar-refractivity contribution in [3.63, 3.8) is 0 Å². The molecule has 0 aliphatic rings. The Hall–Kier alpha value is -1.02. The molecule has 0 saturated heterocycles.